The number of imide groups is 1. The SMILES string of the molecule is C=CC(=O)Nc1ccc(CN/C=C2\C(=O)NC(=O)c3ccc(C)cc32)cc1O. The number of aromatic hydroxyl groups is 1. The zero-order chi connectivity index (χ0) is 20.3. The van der Waals surface area contributed by atoms with Crippen LogP contribution in [0.2, 0.25) is 0 Å². The highest BCUT2D eigenvalue weighted by atomic mass is 16.3. The molecule has 142 valence electrons. The number of rotatable bonds is 5. The third kappa shape index (κ3) is 3.93. The van der Waals surface area contributed by atoms with Crippen molar-refractivity contribution >= 4 is 29.0 Å². The van der Waals surface area contributed by atoms with E-state index in [9.17, 15) is 19.5 Å². The zero-order valence-corrected chi connectivity index (χ0v) is 15.2. The van der Waals surface area contributed by atoms with Gasteiger partial charge < -0.3 is 15.7 Å². The largest absolute Gasteiger partial charge is 0.506 e. The summed E-state index contributed by atoms with van der Waals surface area (Å²) in [5.41, 5.74) is 3.33. The van der Waals surface area contributed by atoms with Crippen molar-refractivity contribution in [3.63, 3.8) is 0 Å². The highest BCUT2D eigenvalue weighted by molar-refractivity contribution is 6.31. The smallest absolute Gasteiger partial charge is 0.260 e. The monoisotopic (exact) mass is 377 g/mol. The third-order valence-corrected chi connectivity index (χ3v) is 4.24. The molecule has 0 bridgehead atoms. The van der Waals surface area contributed by atoms with Crippen LogP contribution in [-0.4, -0.2) is 22.8 Å². The average Bonchev–Trinajstić information content (AvgIpc) is 2.66. The number of nitrogens with one attached hydrogen (secondary N) is 3. The van der Waals surface area contributed by atoms with E-state index in [1.54, 1.807) is 30.5 Å². The molecule has 1 aliphatic rings. The minimum absolute atomic E-state index is 0.0795. The maximum absolute atomic E-state index is 12.2. The highest BCUT2D eigenvalue weighted by Crippen LogP contribution is 2.26. The minimum atomic E-state index is -0.471. The molecule has 1 aliphatic heterocycles. The van der Waals surface area contributed by atoms with Crippen LogP contribution in [0.15, 0.2) is 55.3 Å². The van der Waals surface area contributed by atoms with Crippen LogP contribution >= 0.6 is 0 Å². The summed E-state index contributed by atoms with van der Waals surface area (Å²) in [5, 5.41) is 17.9. The van der Waals surface area contributed by atoms with Crippen LogP contribution in [0.4, 0.5) is 5.69 Å². The van der Waals surface area contributed by atoms with E-state index in [1.165, 1.54) is 6.07 Å². The van der Waals surface area contributed by atoms with Crippen LogP contribution in [0.3, 0.4) is 0 Å². The van der Waals surface area contributed by atoms with Gasteiger partial charge in [-0.15, -0.1) is 0 Å². The Morgan fingerprint density at radius 3 is 2.64 bits per heavy atom. The number of carbonyl (C=O) groups is 3. The summed E-state index contributed by atoms with van der Waals surface area (Å²) in [5.74, 6) is -1.39. The molecule has 0 spiro atoms. The molecule has 0 saturated carbocycles. The summed E-state index contributed by atoms with van der Waals surface area (Å²) < 4.78 is 0. The molecule has 3 rings (SSSR count). The first-order valence-corrected chi connectivity index (χ1v) is 8.54. The van der Waals surface area contributed by atoms with Crippen molar-refractivity contribution in [3.8, 4) is 5.75 Å². The first-order chi connectivity index (χ1) is 13.4. The van der Waals surface area contributed by atoms with E-state index in [-0.39, 0.29) is 11.4 Å². The van der Waals surface area contributed by atoms with Gasteiger partial charge >= 0.3 is 0 Å². The number of anilines is 1. The summed E-state index contributed by atoms with van der Waals surface area (Å²) in [7, 11) is 0. The molecule has 28 heavy (non-hydrogen) atoms. The van der Waals surface area contributed by atoms with E-state index in [0.29, 0.717) is 23.2 Å². The Bertz CT molecular complexity index is 1020. The van der Waals surface area contributed by atoms with E-state index >= 15 is 0 Å². The Balaban J connectivity index is 1.77. The Kier molecular flexibility index (Phi) is 5.26. The molecule has 4 N–H and O–H groups in total. The van der Waals surface area contributed by atoms with Crippen molar-refractivity contribution in [2.75, 3.05) is 5.32 Å². The summed E-state index contributed by atoms with van der Waals surface area (Å²) in [6.45, 7) is 5.57. The zero-order valence-electron chi connectivity index (χ0n) is 15.2. The highest BCUT2D eigenvalue weighted by Gasteiger charge is 2.27. The Morgan fingerprint density at radius 1 is 1.14 bits per heavy atom. The predicted octanol–water partition coefficient (Wildman–Crippen LogP) is 2.23. The molecule has 2 aromatic carbocycles. The molecule has 0 fully saturated rings. The van der Waals surface area contributed by atoms with Crippen molar-refractivity contribution in [2.24, 2.45) is 0 Å². The second kappa shape index (κ2) is 7.79. The van der Waals surface area contributed by atoms with Crippen LogP contribution < -0.4 is 16.0 Å². The first kappa shape index (κ1) is 18.9. The summed E-state index contributed by atoms with van der Waals surface area (Å²) in [4.78, 5) is 35.5. The van der Waals surface area contributed by atoms with E-state index in [1.807, 2.05) is 13.0 Å². The maximum atomic E-state index is 12.2. The number of amides is 3. The summed E-state index contributed by atoms with van der Waals surface area (Å²) >= 11 is 0. The van der Waals surface area contributed by atoms with E-state index in [2.05, 4.69) is 22.5 Å². The minimum Gasteiger partial charge on any atom is -0.506 e. The number of phenols is 1. The van der Waals surface area contributed by atoms with E-state index < -0.39 is 17.7 Å². The van der Waals surface area contributed by atoms with E-state index in [4.69, 9.17) is 0 Å². The fourth-order valence-corrected chi connectivity index (χ4v) is 2.83. The molecule has 0 unspecified atom stereocenters. The lowest BCUT2D eigenvalue weighted by atomic mass is 9.94. The van der Waals surface area contributed by atoms with Crippen LogP contribution in [0.25, 0.3) is 5.57 Å². The predicted molar refractivity (Wildman–Crippen MR) is 105 cm³/mol. The van der Waals surface area contributed by atoms with Crippen molar-refractivity contribution in [1.29, 1.82) is 0 Å². The lowest BCUT2D eigenvalue weighted by molar-refractivity contribution is -0.115. The molecule has 0 atom stereocenters. The van der Waals surface area contributed by atoms with Gasteiger partial charge in [-0.05, 0) is 36.8 Å². The van der Waals surface area contributed by atoms with Crippen LogP contribution in [0.1, 0.15) is 27.0 Å². The normalized spacial score (nSPS) is 14.2. The summed E-state index contributed by atoms with van der Waals surface area (Å²) in [6, 6.07) is 10.1. The van der Waals surface area contributed by atoms with Crippen molar-refractivity contribution in [1.82, 2.24) is 10.6 Å². The molecule has 0 aromatic heterocycles. The molecule has 1 heterocycles. The molecule has 0 aliphatic carbocycles. The van der Waals surface area contributed by atoms with Crippen molar-refractivity contribution in [3.05, 3.63) is 77.5 Å². The number of hydrogen-bond acceptors (Lipinski definition) is 5. The van der Waals surface area contributed by atoms with Gasteiger partial charge in [-0.25, -0.2) is 0 Å². The fourth-order valence-electron chi connectivity index (χ4n) is 2.83. The number of hydrogen-bond donors (Lipinski definition) is 4. The summed E-state index contributed by atoms with van der Waals surface area (Å²) in [6.07, 6.45) is 2.66. The van der Waals surface area contributed by atoms with Gasteiger partial charge in [0.15, 0.2) is 0 Å². The second-order valence-electron chi connectivity index (χ2n) is 6.32. The molecule has 2 aromatic rings. The number of aryl methyl sites for hydroxylation is 1. The second-order valence-corrected chi connectivity index (χ2v) is 6.32. The third-order valence-electron chi connectivity index (χ3n) is 4.24. The lowest BCUT2D eigenvalue weighted by Gasteiger charge is -2.19. The Morgan fingerprint density at radius 2 is 1.93 bits per heavy atom. The van der Waals surface area contributed by atoms with Crippen LogP contribution in [0.5, 0.6) is 5.75 Å². The van der Waals surface area contributed by atoms with Crippen LogP contribution in [0, 0.1) is 6.92 Å². The quantitative estimate of drug-likeness (QED) is 0.363. The van der Waals surface area contributed by atoms with Gasteiger partial charge in [0.05, 0.1) is 11.3 Å². The number of benzene rings is 2. The molecule has 0 saturated heterocycles. The van der Waals surface area contributed by atoms with Gasteiger partial charge in [-0.2, -0.15) is 0 Å². The lowest BCUT2D eigenvalue weighted by Crippen LogP contribution is -2.37. The standard InChI is InChI=1S/C21H19N3O4/c1-3-19(26)23-17-7-5-13(9-18(17)25)10-22-11-16-15-8-12(2)4-6-14(15)20(27)24-21(16)28/h3-9,11,22,25H,1,10H2,2H3,(H,23,26)(H,24,27,28)/b16-11-. The number of fused-ring (bicyclic) bond motifs is 1. The molecule has 3 amide bonds. The number of carbonyl (C=O) groups excluding carboxylic acids is 3. The maximum Gasteiger partial charge on any atom is 0.260 e. The van der Waals surface area contributed by atoms with Crippen molar-refractivity contribution in [2.45, 2.75) is 13.5 Å². The van der Waals surface area contributed by atoms with Gasteiger partial charge in [0.1, 0.15) is 5.75 Å². The van der Waals surface area contributed by atoms with Crippen LogP contribution in [-0.2, 0) is 16.1 Å². The van der Waals surface area contributed by atoms with E-state index in [0.717, 1.165) is 17.2 Å². The average molecular weight is 377 g/mol. The molecular formula is C21H19N3O4. The van der Waals surface area contributed by atoms with Gasteiger partial charge in [-0.1, -0.05) is 30.3 Å². The first-order valence-electron chi connectivity index (χ1n) is 8.54. The van der Waals surface area contributed by atoms with Gasteiger partial charge in [0.2, 0.25) is 5.91 Å². The molecule has 7 nitrogen and oxygen atoms in total. The van der Waals surface area contributed by atoms with Crippen molar-refractivity contribution < 1.29 is 19.5 Å². The Labute approximate surface area is 161 Å². The fraction of sp³-hybridized carbons (Fsp3) is 0.0952. The molecular weight excluding hydrogens is 358 g/mol. The number of phenolic OH excluding ortho intramolecular Hbond substituents is 1. The van der Waals surface area contributed by atoms with Gasteiger partial charge in [-0.3, -0.25) is 19.7 Å². The molecule has 7 heteroatoms. The Hall–Kier alpha value is -3.87. The van der Waals surface area contributed by atoms with Gasteiger partial charge in [0.25, 0.3) is 11.8 Å². The van der Waals surface area contributed by atoms with Gasteiger partial charge in [0, 0.05) is 23.9 Å². The topological polar surface area (TPSA) is 108 Å². The molecule has 0 radical (unpaired) electrons.